The Labute approximate surface area is 156 Å². The molecule has 2 rings (SSSR count). The van der Waals surface area contributed by atoms with Crippen molar-refractivity contribution in [1.82, 2.24) is 0 Å². The van der Waals surface area contributed by atoms with Gasteiger partial charge in [-0.25, -0.2) is 0 Å². The summed E-state index contributed by atoms with van der Waals surface area (Å²) >= 11 is 0.788. The van der Waals surface area contributed by atoms with Crippen LogP contribution in [0.3, 0.4) is 0 Å². The maximum atomic E-state index is 12.7. The van der Waals surface area contributed by atoms with Gasteiger partial charge < -0.3 is 10.1 Å². The molecule has 27 heavy (non-hydrogen) atoms. The zero-order valence-electron chi connectivity index (χ0n) is 14.1. The molecule has 1 N–H and O–H groups in total. The number of carbonyl (C=O) groups excluding carboxylic acids is 1. The number of benzene rings is 2. The highest BCUT2D eigenvalue weighted by molar-refractivity contribution is 8.00. The Hall–Kier alpha value is -2.75. The van der Waals surface area contributed by atoms with Crippen LogP contribution in [0, 0.1) is 10.1 Å². The number of hydrogen-bond donors (Lipinski definition) is 1. The van der Waals surface area contributed by atoms with Crippen molar-refractivity contribution in [2.24, 2.45) is 0 Å². The maximum absolute atomic E-state index is 12.7. The van der Waals surface area contributed by atoms with E-state index in [1.54, 1.807) is 24.3 Å². The van der Waals surface area contributed by atoms with Crippen LogP contribution in [0.15, 0.2) is 47.4 Å². The number of rotatable bonds is 7. The van der Waals surface area contributed by atoms with Crippen LogP contribution in [-0.4, -0.2) is 23.2 Å². The fourth-order valence-corrected chi connectivity index (χ4v) is 2.90. The zero-order valence-corrected chi connectivity index (χ0v) is 14.9. The number of alkyl halides is 3. The summed E-state index contributed by atoms with van der Waals surface area (Å²) in [6.07, 6.45) is -4.68. The van der Waals surface area contributed by atoms with Gasteiger partial charge in [-0.05, 0) is 43.3 Å². The van der Waals surface area contributed by atoms with Crippen molar-refractivity contribution in [2.45, 2.75) is 18.0 Å². The van der Waals surface area contributed by atoms with Gasteiger partial charge in [0.05, 0.1) is 27.7 Å². The van der Waals surface area contributed by atoms with Crippen molar-refractivity contribution < 1.29 is 27.6 Å². The molecule has 6 nitrogen and oxygen atoms in total. The average Bonchev–Trinajstić information content (AvgIpc) is 2.61. The van der Waals surface area contributed by atoms with Gasteiger partial charge in [-0.3, -0.25) is 14.9 Å². The number of ether oxygens (including phenoxy) is 1. The molecule has 0 aliphatic heterocycles. The summed E-state index contributed by atoms with van der Waals surface area (Å²) in [5, 5.41) is 13.6. The van der Waals surface area contributed by atoms with Gasteiger partial charge in [0.2, 0.25) is 5.91 Å². The molecular formula is C17H15F3N2O4S. The van der Waals surface area contributed by atoms with Crippen LogP contribution in [-0.2, 0) is 11.0 Å². The minimum Gasteiger partial charge on any atom is -0.494 e. The fourth-order valence-electron chi connectivity index (χ4n) is 2.10. The highest BCUT2D eigenvalue weighted by Crippen LogP contribution is 2.36. The van der Waals surface area contributed by atoms with E-state index in [0.717, 1.165) is 23.9 Å². The summed E-state index contributed by atoms with van der Waals surface area (Å²) in [7, 11) is 0. The van der Waals surface area contributed by atoms with E-state index in [9.17, 15) is 28.1 Å². The summed E-state index contributed by atoms with van der Waals surface area (Å²) in [5.74, 6) is 0.00276. The first kappa shape index (κ1) is 20.6. The summed E-state index contributed by atoms with van der Waals surface area (Å²) < 4.78 is 43.4. The van der Waals surface area contributed by atoms with Gasteiger partial charge in [-0.1, -0.05) is 0 Å². The standard InChI is InChI=1S/C17H15F3N2O4S/c1-2-26-13-6-4-12(5-7-13)21-16(23)10-27-15-8-3-11(17(18,19)20)9-14(15)22(24)25/h3-9H,2,10H2,1H3,(H,21,23). The zero-order chi connectivity index (χ0) is 20.0. The van der Waals surface area contributed by atoms with E-state index in [1.807, 2.05) is 6.92 Å². The van der Waals surface area contributed by atoms with Crippen molar-refractivity contribution in [3.8, 4) is 5.75 Å². The first-order valence-corrected chi connectivity index (χ1v) is 8.70. The van der Waals surface area contributed by atoms with E-state index in [-0.39, 0.29) is 10.6 Å². The molecule has 0 atom stereocenters. The highest BCUT2D eigenvalue weighted by Gasteiger charge is 2.33. The van der Waals surface area contributed by atoms with Gasteiger partial charge in [0.15, 0.2) is 0 Å². The number of nitro benzene ring substituents is 1. The molecule has 0 bridgehead atoms. The fraction of sp³-hybridized carbons (Fsp3) is 0.235. The van der Waals surface area contributed by atoms with Gasteiger partial charge >= 0.3 is 6.18 Å². The molecule has 0 spiro atoms. The number of nitrogens with zero attached hydrogens (tertiary/aromatic N) is 1. The Bertz CT molecular complexity index is 826. The molecule has 0 aromatic heterocycles. The lowest BCUT2D eigenvalue weighted by Gasteiger charge is -2.09. The lowest BCUT2D eigenvalue weighted by Crippen LogP contribution is -2.14. The van der Waals surface area contributed by atoms with Gasteiger partial charge in [-0.2, -0.15) is 13.2 Å². The van der Waals surface area contributed by atoms with E-state index in [2.05, 4.69) is 5.32 Å². The SMILES string of the molecule is CCOc1ccc(NC(=O)CSc2ccc(C(F)(F)F)cc2[N+](=O)[O-])cc1. The monoisotopic (exact) mass is 400 g/mol. The largest absolute Gasteiger partial charge is 0.494 e. The number of nitrogens with one attached hydrogen (secondary N) is 1. The molecule has 0 heterocycles. The van der Waals surface area contributed by atoms with Crippen molar-refractivity contribution >= 4 is 29.0 Å². The molecule has 0 saturated carbocycles. The average molecular weight is 400 g/mol. The van der Waals surface area contributed by atoms with E-state index >= 15 is 0 Å². The van der Waals surface area contributed by atoms with Crippen LogP contribution in [0.25, 0.3) is 0 Å². The van der Waals surface area contributed by atoms with Gasteiger partial charge in [0.1, 0.15) is 5.75 Å². The molecule has 0 radical (unpaired) electrons. The Balaban J connectivity index is 2.02. The topological polar surface area (TPSA) is 81.5 Å². The molecule has 0 aliphatic carbocycles. The number of nitro groups is 1. The Morgan fingerprint density at radius 1 is 1.22 bits per heavy atom. The van der Waals surface area contributed by atoms with E-state index < -0.39 is 28.3 Å². The quantitative estimate of drug-likeness (QED) is 0.412. The maximum Gasteiger partial charge on any atom is 0.416 e. The summed E-state index contributed by atoms with van der Waals surface area (Å²) in [6, 6.07) is 8.82. The number of carbonyl (C=O) groups is 1. The molecule has 1 amide bonds. The van der Waals surface area contributed by atoms with Crippen molar-refractivity contribution in [2.75, 3.05) is 17.7 Å². The molecule has 2 aromatic rings. The Morgan fingerprint density at radius 2 is 1.89 bits per heavy atom. The van der Waals surface area contributed by atoms with Crippen LogP contribution in [0.2, 0.25) is 0 Å². The van der Waals surface area contributed by atoms with Crippen LogP contribution < -0.4 is 10.1 Å². The van der Waals surface area contributed by atoms with E-state index in [4.69, 9.17) is 4.74 Å². The summed E-state index contributed by atoms with van der Waals surface area (Å²) in [6.45, 7) is 2.35. The molecule has 0 aliphatic rings. The molecule has 10 heteroatoms. The molecule has 144 valence electrons. The molecule has 0 fully saturated rings. The predicted octanol–water partition coefficient (Wildman–Crippen LogP) is 4.74. The van der Waals surface area contributed by atoms with Crippen LogP contribution in [0.4, 0.5) is 24.5 Å². The smallest absolute Gasteiger partial charge is 0.416 e. The number of amides is 1. The molecule has 2 aromatic carbocycles. The lowest BCUT2D eigenvalue weighted by atomic mass is 10.2. The van der Waals surface area contributed by atoms with E-state index in [1.165, 1.54) is 0 Å². The van der Waals surface area contributed by atoms with Crippen molar-refractivity contribution in [3.63, 3.8) is 0 Å². The Morgan fingerprint density at radius 3 is 2.44 bits per heavy atom. The summed E-state index contributed by atoms with van der Waals surface area (Å²) in [5.41, 5.74) is -1.30. The molecular weight excluding hydrogens is 385 g/mol. The lowest BCUT2D eigenvalue weighted by molar-refractivity contribution is -0.388. The van der Waals surface area contributed by atoms with Crippen molar-refractivity contribution in [1.29, 1.82) is 0 Å². The highest BCUT2D eigenvalue weighted by atomic mass is 32.2. The third-order valence-electron chi connectivity index (χ3n) is 3.29. The number of hydrogen-bond acceptors (Lipinski definition) is 5. The number of halogens is 3. The third kappa shape index (κ3) is 5.88. The van der Waals surface area contributed by atoms with Crippen molar-refractivity contribution in [3.05, 3.63) is 58.1 Å². The normalized spacial score (nSPS) is 11.1. The van der Waals surface area contributed by atoms with Crippen LogP contribution in [0.1, 0.15) is 12.5 Å². The molecule has 0 saturated heterocycles. The van der Waals surface area contributed by atoms with Crippen LogP contribution >= 0.6 is 11.8 Å². The number of thioether (sulfide) groups is 1. The third-order valence-corrected chi connectivity index (χ3v) is 4.35. The second-order valence-corrected chi connectivity index (χ2v) is 6.25. The second-order valence-electron chi connectivity index (χ2n) is 5.23. The number of anilines is 1. The first-order chi connectivity index (χ1) is 12.7. The molecule has 0 unspecified atom stereocenters. The van der Waals surface area contributed by atoms with Gasteiger partial charge in [0.25, 0.3) is 5.69 Å². The minimum absolute atomic E-state index is 0.0187. The van der Waals surface area contributed by atoms with E-state index in [0.29, 0.717) is 24.1 Å². The Kier molecular flexibility index (Phi) is 6.67. The minimum atomic E-state index is -4.68. The van der Waals surface area contributed by atoms with Gasteiger partial charge in [0, 0.05) is 11.8 Å². The second kappa shape index (κ2) is 8.76. The summed E-state index contributed by atoms with van der Waals surface area (Å²) in [4.78, 5) is 22.1. The van der Waals surface area contributed by atoms with Gasteiger partial charge in [-0.15, -0.1) is 11.8 Å². The first-order valence-electron chi connectivity index (χ1n) is 7.72. The predicted molar refractivity (Wildman–Crippen MR) is 95.1 cm³/mol. The van der Waals surface area contributed by atoms with Crippen LogP contribution in [0.5, 0.6) is 5.75 Å².